The maximum atomic E-state index is 9.62. The zero-order valence-electron chi connectivity index (χ0n) is 9.00. The third kappa shape index (κ3) is 2.30. The van der Waals surface area contributed by atoms with Crippen molar-refractivity contribution >= 4 is 12.6 Å². The van der Waals surface area contributed by atoms with Crippen molar-refractivity contribution in [1.82, 2.24) is 5.32 Å². The third-order valence-electron chi connectivity index (χ3n) is 2.06. The molecule has 84 valence electrons. The molecule has 0 saturated carbocycles. The maximum Gasteiger partial charge on any atom is 0.203 e. The van der Waals surface area contributed by atoms with Crippen LogP contribution in [-0.4, -0.2) is 26.4 Å². The van der Waals surface area contributed by atoms with Gasteiger partial charge in [-0.2, -0.15) is 0 Å². The lowest BCUT2D eigenvalue weighted by molar-refractivity contribution is 0.328. The van der Waals surface area contributed by atoms with E-state index in [0.29, 0.717) is 22.9 Å². The van der Waals surface area contributed by atoms with Gasteiger partial charge in [-0.05, 0) is 13.1 Å². The summed E-state index contributed by atoms with van der Waals surface area (Å²) in [6, 6.07) is 1.54. The molecule has 0 radical (unpaired) electrons. The molecule has 0 amide bonds. The van der Waals surface area contributed by atoms with E-state index in [1.54, 1.807) is 0 Å². The number of benzene rings is 1. The average molecular weight is 229 g/mol. The number of phenolic OH excluding ortho intramolecular Hbond substituents is 1. The molecule has 2 N–H and O–H groups in total. The highest BCUT2D eigenvalue weighted by atomic mass is 32.1. The Morgan fingerprint density at radius 1 is 1.33 bits per heavy atom. The molecular weight excluding hydrogens is 214 g/mol. The van der Waals surface area contributed by atoms with Crippen LogP contribution in [0.3, 0.4) is 0 Å². The van der Waals surface area contributed by atoms with E-state index in [0.717, 1.165) is 5.56 Å². The van der Waals surface area contributed by atoms with Gasteiger partial charge in [0, 0.05) is 17.0 Å². The van der Waals surface area contributed by atoms with Crippen LogP contribution in [0.2, 0.25) is 0 Å². The van der Waals surface area contributed by atoms with Gasteiger partial charge in [0.1, 0.15) is 0 Å². The Morgan fingerprint density at radius 3 is 2.40 bits per heavy atom. The smallest absolute Gasteiger partial charge is 0.203 e. The summed E-state index contributed by atoms with van der Waals surface area (Å²) in [4.78, 5) is 0.666. The number of thiol groups is 1. The third-order valence-corrected chi connectivity index (χ3v) is 2.46. The zero-order chi connectivity index (χ0) is 11.4. The van der Waals surface area contributed by atoms with Crippen LogP contribution >= 0.6 is 12.6 Å². The molecule has 0 bridgehead atoms. The van der Waals surface area contributed by atoms with Gasteiger partial charge in [0.25, 0.3) is 0 Å². The summed E-state index contributed by atoms with van der Waals surface area (Å²) >= 11 is 4.28. The second kappa shape index (κ2) is 5.14. The van der Waals surface area contributed by atoms with Gasteiger partial charge in [-0.25, -0.2) is 0 Å². The predicted molar refractivity (Wildman–Crippen MR) is 61.2 cm³/mol. The molecule has 0 fully saturated rings. The lowest BCUT2D eigenvalue weighted by Gasteiger charge is -2.15. The Hall–Kier alpha value is -1.07. The number of hydrogen-bond donors (Lipinski definition) is 3. The molecule has 0 spiro atoms. The number of rotatable bonds is 4. The van der Waals surface area contributed by atoms with E-state index < -0.39 is 0 Å². The van der Waals surface area contributed by atoms with Gasteiger partial charge >= 0.3 is 0 Å². The number of aromatic hydroxyl groups is 1. The molecule has 1 rings (SSSR count). The second-order valence-electron chi connectivity index (χ2n) is 2.99. The highest BCUT2D eigenvalue weighted by Gasteiger charge is 2.17. The molecule has 15 heavy (non-hydrogen) atoms. The van der Waals surface area contributed by atoms with Gasteiger partial charge in [0.15, 0.2) is 11.5 Å². The summed E-state index contributed by atoms with van der Waals surface area (Å²) in [6.45, 7) is 0.596. The molecule has 0 aliphatic heterocycles. The van der Waals surface area contributed by atoms with Crippen LogP contribution in [0.5, 0.6) is 17.2 Å². The molecular formula is C10H15NO3S. The lowest BCUT2D eigenvalue weighted by atomic mass is 10.1. The van der Waals surface area contributed by atoms with Crippen LogP contribution in [-0.2, 0) is 6.54 Å². The molecule has 0 aromatic heterocycles. The first-order chi connectivity index (χ1) is 7.15. The molecule has 1 aromatic carbocycles. The standard InChI is InChI=1S/C10H15NO3S/c1-11-5-6-8(15)4-7(12)10(14-3)9(6)13-2/h4,11-12,15H,5H2,1-3H3. The fourth-order valence-electron chi connectivity index (χ4n) is 1.41. The van der Waals surface area contributed by atoms with Crippen LogP contribution in [0.15, 0.2) is 11.0 Å². The summed E-state index contributed by atoms with van der Waals surface area (Å²) in [7, 11) is 4.84. The van der Waals surface area contributed by atoms with Crippen molar-refractivity contribution in [2.75, 3.05) is 21.3 Å². The van der Waals surface area contributed by atoms with E-state index in [1.807, 2.05) is 7.05 Å². The average Bonchev–Trinajstić information content (AvgIpc) is 2.21. The van der Waals surface area contributed by atoms with Gasteiger partial charge in [-0.1, -0.05) is 0 Å². The van der Waals surface area contributed by atoms with Crippen LogP contribution in [0.1, 0.15) is 5.56 Å². The maximum absolute atomic E-state index is 9.62. The number of methoxy groups -OCH3 is 2. The molecule has 4 nitrogen and oxygen atoms in total. The van der Waals surface area contributed by atoms with Crippen molar-refractivity contribution in [3.63, 3.8) is 0 Å². The van der Waals surface area contributed by atoms with Crippen LogP contribution in [0.4, 0.5) is 0 Å². The van der Waals surface area contributed by atoms with Gasteiger partial charge in [-0.15, -0.1) is 12.6 Å². The Balaban J connectivity index is 3.35. The van der Waals surface area contributed by atoms with E-state index in [-0.39, 0.29) is 5.75 Å². The zero-order valence-corrected chi connectivity index (χ0v) is 9.89. The van der Waals surface area contributed by atoms with Crippen molar-refractivity contribution in [2.45, 2.75) is 11.4 Å². The molecule has 1 aromatic rings. The second-order valence-corrected chi connectivity index (χ2v) is 3.47. The van der Waals surface area contributed by atoms with E-state index in [2.05, 4.69) is 17.9 Å². The minimum Gasteiger partial charge on any atom is -0.504 e. The SMILES string of the molecule is CNCc1c(S)cc(O)c(OC)c1OC. The van der Waals surface area contributed by atoms with Gasteiger partial charge < -0.3 is 19.9 Å². The number of nitrogens with one attached hydrogen (secondary N) is 1. The molecule has 0 aliphatic rings. The van der Waals surface area contributed by atoms with E-state index in [1.165, 1.54) is 20.3 Å². The summed E-state index contributed by atoms with van der Waals surface area (Å²) in [5, 5.41) is 12.6. The van der Waals surface area contributed by atoms with Gasteiger partial charge in [-0.3, -0.25) is 0 Å². The summed E-state index contributed by atoms with van der Waals surface area (Å²) in [5.74, 6) is 0.872. The van der Waals surface area contributed by atoms with Crippen LogP contribution < -0.4 is 14.8 Å². The van der Waals surface area contributed by atoms with E-state index in [9.17, 15) is 5.11 Å². The molecule has 0 atom stereocenters. The fourth-order valence-corrected chi connectivity index (χ4v) is 1.72. The predicted octanol–water partition coefficient (Wildman–Crippen LogP) is 1.42. The summed E-state index contributed by atoms with van der Waals surface area (Å²) in [5.41, 5.74) is 0.859. The highest BCUT2D eigenvalue weighted by Crippen LogP contribution is 2.42. The molecule has 5 heteroatoms. The topological polar surface area (TPSA) is 50.7 Å². The minimum absolute atomic E-state index is 0.0270. The Bertz CT molecular complexity index is 355. The van der Waals surface area contributed by atoms with E-state index >= 15 is 0 Å². The quantitative estimate of drug-likeness (QED) is 0.683. The Morgan fingerprint density at radius 2 is 1.93 bits per heavy atom. The van der Waals surface area contributed by atoms with E-state index in [4.69, 9.17) is 9.47 Å². The van der Waals surface area contributed by atoms with Crippen molar-refractivity contribution in [1.29, 1.82) is 0 Å². The molecule has 0 aliphatic carbocycles. The molecule has 0 heterocycles. The first-order valence-corrected chi connectivity index (χ1v) is 4.90. The molecule has 0 saturated heterocycles. The number of hydrogen-bond acceptors (Lipinski definition) is 5. The summed E-state index contributed by atoms with van der Waals surface area (Å²) < 4.78 is 10.3. The van der Waals surface area contributed by atoms with Crippen molar-refractivity contribution in [3.05, 3.63) is 11.6 Å². The highest BCUT2D eigenvalue weighted by molar-refractivity contribution is 7.80. The normalized spacial score (nSPS) is 10.1. The number of phenols is 1. The number of ether oxygens (including phenoxy) is 2. The molecule has 0 unspecified atom stereocenters. The van der Waals surface area contributed by atoms with Crippen LogP contribution in [0.25, 0.3) is 0 Å². The minimum atomic E-state index is 0.0270. The monoisotopic (exact) mass is 229 g/mol. The largest absolute Gasteiger partial charge is 0.504 e. The first-order valence-electron chi connectivity index (χ1n) is 4.46. The van der Waals surface area contributed by atoms with Crippen molar-refractivity contribution < 1.29 is 14.6 Å². The van der Waals surface area contributed by atoms with Crippen molar-refractivity contribution in [3.8, 4) is 17.2 Å². The summed E-state index contributed by atoms with van der Waals surface area (Å²) in [6.07, 6.45) is 0. The Kier molecular flexibility index (Phi) is 4.11. The van der Waals surface area contributed by atoms with Gasteiger partial charge in [0.2, 0.25) is 5.75 Å². The Labute approximate surface area is 94.6 Å². The van der Waals surface area contributed by atoms with Crippen molar-refractivity contribution in [2.24, 2.45) is 0 Å². The lowest BCUT2D eigenvalue weighted by Crippen LogP contribution is -2.08. The van der Waals surface area contributed by atoms with Crippen LogP contribution in [0, 0.1) is 0 Å². The fraction of sp³-hybridized carbons (Fsp3) is 0.400. The van der Waals surface area contributed by atoms with Gasteiger partial charge in [0.05, 0.1) is 14.2 Å². The first kappa shape index (κ1) is 12.0.